The summed E-state index contributed by atoms with van der Waals surface area (Å²) in [6, 6.07) is -1.06. The first-order valence-electron chi connectivity index (χ1n) is 6.54. The van der Waals surface area contributed by atoms with Gasteiger partial charge in [0.1, 0.15) is 25.9 Å². The molecule has 6 atom stereocenters. The summed E-state index contributed by atoms with van der Waals surface area (Å²) in [4.78, 5) is 21.6. The van der Waals surface area contributed by atoms with Crippen molar-refractivity contribution in [2.45, 2.75) is 43.0 Å². The predicted octanol–water partition coefficient (Wildman–Crippen LogP) is -3.54. The molecule has 20 heavy (non-hydrogen) atoms. The van der Waals surface area contributed by atoms with Gasteiger partial charge in [-0.2, -0.15) is 0 Å². The number of carbonyl (C=O) groups is 2. The minimum atomic E-state index is -1.68. The second kappa shape index (κ2) is 7.62. The largest absolute Gasteiger partial charge is 0.479 e. The number of hydrogen-bond donors (Lipinski definition) is 6. The minimum absolute atomic E-state index is 0.280. The van der Waals surface area contributed by atoms with E-state index in [-0.39, 0.29) is 6.42 Å². The van der Waals surface area contributed by atoms with E-state index in [1.54, 1.807) is 0 Å². The Hall–Kier alpha value is -1.10. The van der Waals surface area contributed by atoms with Crippen LogP contribution in [0.4, 0.5) is 0 Å². The van der Waals surface area contributed by atoms with E-state index in [1.807, 2.05) is 0 Å². The molecule has 1 heterocycles. The van der Waals surface area contributed by atoms with Crippen molar-refractivity contribution in [2.75, 3.05) is 13.2 Å². The van der Waals surface area contributed by atoms with Gasteiger partial charge in [0.2, 0.25) is 0 Å². The van der Waals surface area contributed by atoms with Gasteiger partial charge in [0.05, 0.1) is 25.3 Å². The lowest BCUT2D eigenvalue weighted by atomic mass is 9.90. The fourth-order valence-corrected chi connectivity index (χ4v) is 2.11. The number of aliphatic carboxylic acids is 1. The molecule has 0 aromatic heterocycles. The van der Waals surface area contributed by atoms with E-state index in [9.17, 15) is 24.9 Å². The first-order valence-corrected chi connectivity index (χ1v) is 6.04. The Bertz CT molecular complexity index is 381. The number of carboxylic acid groups (broad SMARTS) is 1. The van der Waals surface area contributed by atoms with Crippen LogP contribution in [0.2, 0.25) is 0 Å². The molecule has 116 valence electrons. The Morgan fingerprint density at radius 2 is 2.20 bits per heavy atom. The fourth-order valence-electron chi connectivity index (χ4n) is 2.11. The Kier molecular flexibility index (Phi) is 5.83. The van der Waals surface area contributed by atoms with Crippen molar-refractivity contribution in [3.63, 3.8) is 0 Å². The summed E-state index contributed by atoms with van der Waals surface area (Å²) in [5, 5.41) is 49.5. The molecule has 0 aromatic rings. The summed E-state index contributed by atoms with van der Waals surface area (Å²) in [6.07, 6.45) is -8.57. The van der Waals surface area contributed by atoms with E-state index in [0.717, 1.165) is 0 Å². The number of carbonyl (C=O) groups excluding carboxylic acids is 1. The summed E-state index contributed by atoms with van der Waals surface area (Å²) < 4.78 is 11.9. The molecule has 0 radical (unpaired) electrons. The highest BCUT2D eigenvalue weighted by Gasteiger charge is 2.45. The Labute approximate surface area is 116 Å². The van der Waals surface area contributed by atoms with Gasteiger partial charge in [-0.05, 0) is 0 Å². The smallest absolute Gasteiger partial charge is 0.332 e. The van der Waals surface area contributed by atoms with Crippen molar-refractivity contribution in [1.82, 2.24) is 5.32 Å². The average Bonchev–Trinajstić information content (AvgIpc) is 2.43. The van der Waals surface area contributed by atoms with Crippen LogP contribution < -0.4 is 5.32 Å². The monoisotopic (exact) mass is 294 g/mol. The molecule has 1 aliphatic heterocycles. The van der Waals surface area contributed by atoms with Crippen molar-refractivity contribution >= 4 is 12.2 Å². The normalized spacial score (nSPS) is 34.1. The predicted molar refractivity (Wildman–Crippen MR) is 63.9 cm³/mol. The van der Waals surface area contributed by atoms with Crippen molar-refractivity contribution in [3.8, 4) is 0 Å². The van der Waals surface area contributed by atoms with Gasteiger partial charge in [-0.15, -0.1) is 0 Å². The van der Waals surface area contributed by atoms with Crippen molar-refractivity contribution in [3.05, 3.63) is 0 Å². The molecule has 1 unspecified atom stereocenters. The van der Waals surface area contributed by atoms with E-state index in [4.69, 9.17) is 16.3 Å². The van der Waals surface area contributed by atoms with Crippen LogP contribution in [0.15, 0.2) is 0 Å². The molecule has 1 rings (SSSR count). The van der Waals surface area contributed by atoms with Crippen LogP contribution in [0.5, 0.6) is 0 Å². The highest BCUT2D eigenvalue weighted by molar-refractivity contribution is 5.72. The van der Waals surface area contributed by atoms with Gasteiger partial charge < -0.3 is 40.4 Å². The number of ether oxygens (including phenoxy) is 1. The zero-order valence-corrected chi connectivity index (χ0v) is 10.5. The van der Waals surface area contributed by atoms with Crippen LogP contribution in [-0.2, 0) is 14.3 Å². The molecule has 0 spiro atoms. The van der Waals surface area contributed by atoms with Gasteiger partial charge in [-0.3, -0.25) is 0 Å². The van der Waals surface area contributed by atoms with Gasteiger partial charge in [0.15, 0.2) is 6.10 Å². The van der Waals surface area contributed by atoms with E-state index in [1.165, 1.54) is 0 Å². The van der Waals surface area contributed by atoms with E-state index >= 15 is 0 Å². The Balaban J connectivity index is 2.89. The van der Waals surface area contributed by atoms with Crippen LogP contribution in [0, 0.1) is 0 Å². The SMILES string of the molecule is [2H]C(=O)CN[C@H]1[C@H]([C@H](O)[C@H](O)CO)OC(C(=O)O)C[C@@H]1O. The molecule has 0 amide bonds. The average molecular weight is 294 g/mol. The zero-order chi connectivity index (χ0) is 16.2. The second-order valence-corrected chi connectivity index (χ2v) is 4.52. The molecule has 1 fully saturated rings. The maximum absolute atomic E-state index is 10.9. The molecule has 0 aromatic carbocycles. The standard InChI is InChI=1S/C11H19NO8/c13-2-1-12-8-5(15)3-7(11(18)19)20-10(8)9(17)6(16)4-14/h2,5-10,12,14-17H,1,3-4H2,(H,18,19)/t5-,6+,7?,8+,9+,10+/m0/s1/i2D. The van der Waals surface area contributed by atoms with Crippen LogP contribution in [0.25, 0.3) is 0 Å². The lowest BCUT2D eigenvalue weighted by molar-refractivity contribution is -0.195. The quantitative estimate of drug-likeness (QED) is 0.262. The van der Waals surface area contributed by atoms with E-state index in [0.29, 0.717) is 0 Å². The number of rotatable bonds is 7. The minimum Gasteiger partial charge on any atom is -0.479 e. The molecule has 9 nitrogen and oxygen atoms in total. The van der Waals surface area contributed by atoms with Gasteiger partial charge in [-0.25, -0.2) is 4.79 Å². The maximum Gasteiger partial charge on any atom is 0.332 e. The van der Waals surface area contributed by atoms with E-state index < -0.39 is 61.9 Å². The highest BCUT2D eigenvalue weighted by Crippen LogP contribution is 2.24. The van der Waals surface area contributed by atoms with Crippen LogP contribution >= 0.6 is 0 Å². The van der Waals surface area contributed by atoms with Crippen LogP contribution in [-0.4, -0.2) is 87.5 Å². The number of nitrogens with one attached hydrogen (secondary N) is 1. The molecule has 1 aliphatic rings. The molecule has 0 saturated carbocycles. The third-order valence-corrected chi connectivity index (χ3v) is 3.15. The summed E-state index contributed by atoms with van der Waals surface area (Å²) in [6.45, 7) is -1.24. The summed E-state index contributed by atoms with van der Waals surface area (Å²) in [5.41, 5.74) is 0. The van der Waals surface area contributed by atoms with Gasteiger partial charge in [0.25, 0.3) is 0 Å². The molecular formula is C11H19NO8. The van der Waals surface area contributed by atoms with Gasteiger partial charge in [0, 0.05) is 6.42 Å². The van der Waals surface area contributed by atoms with Gasteiger partial charge >= 0.3 is 5.97 Å². The lowest BCUT2D eigenvalue weighted by Gasteiger charge is -2.41. The second-order valence-electron chi connectivity index (χ2n) is 4.52. The van der Waals surface area contributed by atoms with Gasteiger partial charge in [-0.1, -0.05) is 0 Å². The zero-order valence-electron chi connectivity index (χ0n) is 11.5. The number of aliphatic hydroxyl groups excluding tert-OH is 4. The molecule has 6 N–H and O–H groups in total. The first-order chi connectivity index (χ1) is 9.77. The Morgan fingerprint density at radius 3 is 2.70 bits per heavy atom. The number of aliphatic hydroxyl groups is 4. The summed E-state index contributed by atoms with van der Waals surface area (Å²) >= 11 is 0. The topological polar surface area (TPSA) is 157 Å². The number of hydrogen-bond acceptors (Lipinski definition) is 8. The molecule has 1 saturated heterocycles. The third kappa shape index (κ3) is 3.95. The van der Waals surface area contributed by atoms with Crippen molar-refractivity contribution in [1.29, 1.82) is 0 Å². The number of carboxylic acids is 1. The molecule has 0 aliphatic carbocycles. The van der Waals surface area contributed by atoms with Crippen LogP contribution in [0.1, 0.15) is 7.79 Å². The maximum atomic E-state index is 10.9. The van der Waals surface area contributed by atoms with E-state index in [2.05, 4.69) is 5.32 Å². The third-order valence-electron chi connectivity index (χ3n) is 3.15. The molecular weight excluding hydrogens is 274 g/mol. The number of aldehydes is 1. The Morgan fingerprint density at radius 1 is 1.55 bits per heavy atom. The molecule has 0 bridgehead atoms. The lowest BCUT2D eigenvalue weighted by Crippen LogP contribution is -2.63. The van der Waals surface area contributed by atoms with Crippen LogP contribution in [0.3, 0.4) is 0 Å². The van der Waals surface area contributed by atoms with Crippen molar-refractivity contribution in [2.24, 2.45) is 0 Å². The highest BCUT2D eigenvalue weighted by atomic mass is 16.5. The fraction of sp³-hybridized carbons (Fsp3) is 0.818. The first kappa shape index (κ1) is 15.3. The van der Waals surface area contributed by atoms with Crippen molar-refractivity contribution < 1.29 is 41.2 Å². The summed E-state index contributed by atoms with van der Waals surface area (Å²) in [5.74, 6) is -1.35. The molecule has 9 heteroatoms. The summed E-state index contributed by atoms with van der Waals surface area (Å²) in [7, 11) is 0.